The van der Waals surface area contributed by atoms with Crippen LogP contribution in [-0.2, 0) is 12.8 Å². The summed E-state index contributed by atoms with van der Waals surface area (Å²) in [6.07, 6.45) is 5.35. The Balaban J connectivity index is 2.28. The lowest BCUT2D eigenvalue weighted by Crippen LogP contribution is -2.52. The smallest absolute Gasteiger partial charge is 0.139 e. The Morgan fingerprint density at radius 1 is 1.07 bits per heavy atom. The molecule has 1 atom stereocenters. The largest absolute Gasteiger partial charge is 0.293 e. The van der Waals surface area contributed by atoms with E-state index in [1.165, 1.54) is 48.8 Å². The first kappa shape index (κ1) is 9.41. The molecule has 0 bridgehead atoms. The predicted octanol–water partition coefficient (Wildman–Crippen LogP) is 2.82. The standard InChI is InChI=1S/C14H20N/c1-11-7-8-12-5-3-9-15(2)10-4-6-13(11)14(12)15/h7-8H,3-6,9-10H2,1-2H3/q+1. The molecule has 0 fully saturated rings. The number of quaternary nitrogens is 1. The van der Waals surface area contributed by atoms with Crippen LogP contribution in [0.2, 0.25) is 0 Å². The molecule has 1 aromatic rings. The summed E-state index contributed by atoms with van der Waals surface area (Å²) in [6, 6.07) is 4.70. The van der Waals surface area contributed by atoms with Crippen LogP contribution >= 0.6 is 0 Å². The van der Waals surface area contributed by atoms with Gasteiger partial charge in [0.15, 0.2) is 0 Å². The summed E-state index contributed by atoms with van der Waals surface area (Å²) >= 11 is 0. The van der Waals surface area contributed by atoms with Crippen molar-refractivity contribution in [3.05, 3.63) is 28.8 Å². The van der Waals surface area contributed by atoms with Gasteiger partial charge in [-0.1, -0.05) is 12.1 Å². The van der Waals surface area contributed by atoms with Crippen molar-refractivity contribution < 1.29 is 0 Å². The van der Waals surface area contributed by atoms with Gasteiger partial charge in [0, 0.05) is 24.0 Å². The summed E-state index contributed by atoms with van der Waals surface area (Å²) in [6.45, 7) is 4.98. The van der Waals surface area contributed by atoms with Crippen LogP contribution in [-0.4, -0.2) is 20.1 Å². The van der Waals surface area contributed by atoms with Gasteiger partial charge in [-0.15, -0.1) is 0 Å². The SMILES string of the molecule is Cc1ccc2c3c1CCC[N+]3(C)CCC2. The average Bonchev–Trinajstić information content (AvgIpc) is 2.23. The third-order valence-electron chi connectivity index (χ3n) is 4.32. The van der Waals surface area contributed by atoms with Crippen LogP contribution in [0.5, 0.6) is 0 Å². The lowest BCUT2D eigenvalue weighted by molar-refractivity contribution is 0.288. The fourth-order valence-corrected chi connectivity index (χ4v) is 3.53. The van der Waals surface area contributed by atoms with Gasteiger partial charge in [0.25, 0.3) is 0 Å². The van der Waals surface area contributed by atoms with E-state index >= 15 is 0 Å². The topological polar surface area (TPSA) is 0 Å². The van der Waals surface area contributed by atoms with Crippen molar-refractivity contribution in [2.45, 2.75) is 32.6 Å². The van der Waals surface area contributed by atoms with Crippen molar-refractivity contribution in [3.8, 4) is 0 Å². The highest BCUT2D eigenvalue weighted by molar-refractivity contribution is 5.62. The molecule has 15 heavy (non-hydrogen) atoms. The van der Waals surface area contributed by atoms with Crippen LogP contribution in [0.1, 0.15) is 29.5 Å². The number of nitrogens with zero attached hydrogens (tertiary/aromatic N) is 1. The lowest BCUT2D eigenvalue weighted by Gasteiger charge is -2.43. The van der Waals surface area contributed by atoms with Gasteiger partial charge >= 0.3 is 0 Å². The highest BCUT2D eigenvalue weighted by Gasteiger charge is 2.36. The molecule has 2 aliphatic heterocycles. The number of rotatable bonds is 0. The molecule has 0 radical (unpaired) electrons. The third-order valence-corrected chi connectivity index (χ3v) is 4.32. The van der Waals surface area contributed by atoms with Crippen molar-refractivity contribution in [1.82, 2.24) is 4.48 Å². The fourth-order valence-electron chi connectivity index (χ4n) is 3.53. The van der Waals surface area contributed by atoms with Crippen LogP contribution in [0.15, 0.2) is 12.1 Å². The molecule has 0 saturated heterocycles. The molecule has 1 heteroatoms. The monoisotopic (exact) mass is 202 g/mol. The van der Waals surface area contributed by atoms with E-state index in [9.17, 15) is 0 Å². The Kier molecular flexibility index (Phi) is 1.93. The minimum Gasteiger partial charge on any atom is -0.293 e. The molecule has 3 rings (SSSR count). The van der Waals surface area contributed by atoms with Crippen molar-refractivity contribution in [1.29, 1.82) is 0 Å². The van der Waals surface area contributed by atoms with E-state index in [1.807, 2.05) is 0 Å². The van der Waals surface area contributed by atoms with E-state index in [-0.39, 0.29) is 0 Å². The van der Waals surface area contributed by atoms with Gasteiger partial charge in [-0.05, 0) is 25.3 Å². The van der Waals surface area contributed by atoms with Crippen LogP contribution in [0, 0.1) is 6.92 Å². The first-order valence-corrected chi connectivity index (χ1v) is 6.17. The van der Waals surface area contributed by atoms with Crippen molar-refractivity contribution in [2.24, 2.45) is 0 Å². The van der Waals surface area contributed by atoms with Crippen molar-refractivity contribution in [2.75, 3.05) is 20.1 Å². The minimum atomic E-state index is 1.21. The third kappa shape index (κ3) is 1.26. The Morgan fingerprint density at radius 2 is 1.80 bits per heavy atom. The number of aryl methyl sites for hydroxylation is 2. The first-order chi connectivity index (χ1) is 7.21. The molecule has 0 aliphatic carbocycles. The van der Waals surface area contributed by atoms with Crippen LogP contribution < -0.4 is 4.48 Å². The number of benzene rings is 1. The molecule has 0 amide bonds. The number of hydrogen-bond donors (Lipinski definition) is 0. The normalized spacial score (nSPS) is 28.7. The summed E-state index contributed by atoms with van der Waals surface area (Å²) in [7, 11) is 2.43. The minimum absolute atomic E-state index is 1.21. The van der Waals surface area contributed by atoms with Gasteiger partial charge in [0.05, 0.1) is 20.1 Å². The Bertz CT molecular complexity index is 404. The van der Waals surface area contributed by atoms with Crippen LogP contribution in [0.3, 0.4) is 0 Å². The predicted molar refractivity (Wildman–Crippen MR) is 65.3 cm³/mol. The summed E-state index contributed by atoms with van der Waals surface area (Å²) < 4.78 is 1.21. The molecule has 1 aromatic carbocycles. The fraction of sp³-hybridized carbons (Fsp3) is 0.571. The maximum absolute atomic E-state index is 2.43. The van der Waals surface area contributed by atoms with Crippen molar-refractivity contribution >= 4 is 5.69 Å². The Morgan fingerprint density at radius 3 is 2.60 bits per heavy atom. The summed E-state index contributed by atoms with van der Waals surface area (Å²) in [4.78, 5) is 0. The molecule has 80 valence electrons. The molecule has 0 spiro atoms. The molecule has 0 N–H and O–H groups in total. The molecule has 0 aromatic heterocycles. The molecular weight excluding hydrogens is 182 g/mol. The van der Waals surface area contributed by atoms with E-state index in [1.54, 1.807) is 16.8 Å². The van der Waals surface area contributed by atoms with Gasteiger partial charge < -0.3 is 0 Å². The molecular formula is C14H20N+. The lowest BCUT2D eigenvalue weighted by atomic mass is 9.87. The average molecular weight is 202 g/mol. The molecule has 2 aliphatic rings. The maximum Gasteiger partial charge on any atom is 0.139 e. The molecule has 1 nitrogen and oxygen atoms in total. The molecule has 1 unspecified atom stereocenters. The van der Waals surface area contributed by atoms with E-state index in [4.69, 9.17) is 0 Å². The highest BCUT2D eigenvalue weighted by Crippen LogP contribution is 2.40. The summed E-state index contributed by atoms with van der Waals surface area (Å²) in [5.74, 6) is 0. The zero-order valence-electron chi connectivity index (χ0n) is 9.84. The maximum atomic E-state index is 2.43. The van der Waals surface area contributed by atoms with Gasteiger partial charge in [0.1, 0.15) is 5.69 Å². The zero-order valence-corrected chi connectivity index (χ0v) is 9.84. The van der Waals surface area contributed by atoms with E-state index in [0.717, 1.165) is 0 Å². The highest BCUT2D eigenvalue weighted by atomic mass is 15.3. The number of hydrogen-bond acceptors (Lipinski definition) is 0. The zero-order chi connectivity index (χ0) is 10.5. The van der Waals surface area contributed by atoms with E-state index < -0.39 is 0 Å². The second-order valence-electron chi connectivity index (χ2n) is 5.42. The van der Waals surface area contributed by atoms with Crippen LogP contribution in [0.25, 0.3) is 0 Å². The van der Waals surface area contributed by atoms with E-state index in [0.29, 0.717) is 0 Å². The van der Waals surface area contributed by atoms with Gasteiger partial charge in [0.2, 0.25) is 0 Å². The van der Waals surface area contributed by atoms with Crippen molar-refractivity contribution in [3.63, 3.8) is 0 Å². The van der Waals surface area contributed by atoms with Gasteiger partial charge in [-0.25, -0.2) is 0 Å². The summed E-state index contributed by atoms with van der Waals surface area (Å²) in [5.41, 5.74) is 6.50. The summed E-state index contributed by atoms with van der Waals surface area (Å²) in [5, 5.41) is 0. The Labute approximate surface area is 92.3 Å². The molecule has 2 heterocycles. The quantitative estimate of drug-likeness (QED) is 0.567. The van der Waals surface area contributed by atoms with Gasteiger partial charge in [-0.2, -0.15) is 0 Å². The Hall–Kier alpha value is -0.820. The first-order valence-electron chi connectivity index (χ1n) is 6.17. The second kappa shape index (κ2) is 3.08. The van der Waals surface area contributed by atoms with Crippen LogP contribution in [0.4, 0.5) is 5.69 Å². The van der Waals surface area contributed by atoms with E-state index in [2.05, 4.69) is 26.1 Å². The second-order valence-corrected chi connectivity index (χ2v) is 5.42. The molecule has 0 saturated carbocycles. The van der Waals surface area contributed by atoms with Gasteiger partial charge in [-0.3, -0.25) is 4.48 Å².